The van der Waals surface area contributed by atoms with E-state index in [9.17, 15) is 4.79 Å². The number of carbonyl (C=O) groups is 1. The van der Waals surface area contributed by atoms with Gasteiger partial charge in [0.1, 0.15) is 5.82 Å². The van der Waals surface area contributed by atoms with E-state index in [0.717, 1.165) is 56.2 Å². The Kier molecular flexibility index (Phi) is 4.69. The lowest BCUT2D eigenvalue weighted by Gasteiger charge is -2.38. The third-order valence-corrected chi connectivity index (χ3v) is 5.19. The molecule has 4 rings (SSSR count). The lowest BCUT2D eigenvalue weighted by Crippen LogP contribution is -2.51. The minimum absolute atomic E-state index is 0.280. The Hall–Kier alpha value is -2.70. The number of anilines is 3. The topological polar surface area (TPSA) is 74.2 Å². The molecular weight excluding hydrogens is 328 g/mol. The van der Waals surface area contributed by atoms with Gasteiger partial charge in [0.2, 0.25) is 5.91 Å². The van der Waals surface area contributed by atoms with Crippen LogP contribution in [0.4, 0.5) is 17.5 Å². The highest BCUT2D eigenvalue weighted by atomic mass is 16.2. The molecule has 1 saturated carbocycles. The van der Waals surface area contributed by atoms with Gasteiger partial charge in [-0.1, -0.05) is 12.5 Å². The predicted molar refractivity (Wildman–Crippen MR) is 100 cm³/mol. The normalized spacial score (nSPS) is 17.7. The first-order valence-electron chi connectivity index (χ1n) is 9.26. The van der Waals surface area contributed by atoms with Crippen LogP contribution >= 0.6 is 0 Å². The smallest absolute Gasteiger partial charge is 0.225 e. The highest BCUT2D eigenvalue weighted by Crippen LogP contribution is 2.28. The Morgan fingerprint density at radius 3 is 2.38 bits per heavy atom. The third-order valence-electron chi connectivity index (χ3n) is 5.19. The highest BCUT2D eigenvalue weighted by molar-refractivity contribution is 5.79. The molecule has 1 saturated heterocycles. The van der Waals surface area contributed by atoms with Crippen LogP contribution in [0.5, 0.6) is 0 Å². The summed E-state index contributed by atoms with van der Waals surface area (Å²) in [6.07, 6.45) is 5.14. The van der Waals surface area contributed by atoms with Gasteiger partial charge in [-0.2, -0.15) is 0 Å². The number of amides is 1. The average Bonchev–Trinajstić information content (AvgIpc) is 2.63. The van der Waals surface area contributed by atoms with Crippen LogP contribution in [-0.2, 0) is 4.79 Å². The van der Waals surface area contributed by atoms with E-state index in [0.29, 0.717) is 11.7 Å². The number of hydrogen-bond donors (Lipinski definition) is 1. The lowest BCUT2D eigenvalue weighted by molar-refractivity contribution is -0.138. The van der Waals surface area contributed by atoms with Gasteiger partial charge in [0.15, 0.2) is 11.6 Å². The molecule has 1 aliphatic carbocycles. The summed E-state index contributed by atoms with van der Waals surface area (Å²) in [5.74, 6) is 2.89. The number of rotatable bonds is 4. The van der Waals surface area contributed by atoms with E-state index in [1.807, 2.05) is 42.3 Å². The molecule has 0 radical (unpaired) electrons. The van der Waals surface area contributed by atoms with Gasteiger partial charge in [0.05, 0.1) is 0 Å². The first kappa shape index (κ1) is 16.8. The molecular formula is C19H24N6O. The zero-order valence-corrected chi connectivity index (χ0v) is 15.1. The summed E-state index contributed by atoms with van der Waals surface area (Å²) in [6.45, 7) is 5.15. The Morgan fingerprint density at radius 2 is 1.81 bits per heavy atom. The largest absolute Gasteiger partial charge is 0.352 e. The van der Waals surface area contributed by atoms with E-state index in [1.165, 1.54) is 6.42 Å². The first-order chi connectivity index (χ1) is 12.7. The summed E-state index contributed by atoms with van der Waals surface area (Å²) >= 11 is 0. The fourth-order valence-electron chi connectivity index (χ4n) is 3.30. The molecule has 2 fully saturated rings. The van der Waals surface area contributed by atoms with Crippen molar-refractivity contribution in [3.05, 3.63) is 36.0 Å². The van der Waals surface area contributed by atoms with Crippen LogP contribution in [0.25, 0.3) is 0 Å². The van der Waals surface area contributed by atoms with Crippen molar-refractivity contribution < 1.29 is 4.79 Å². The lowest BCUT2D eigenvalue weighted by atomic mass is 9.84. The van der Waals surface area contributed by atoms with Crippen molar-refractivity contribution in [1.82, 2.24) is 20.1 Å². The number of carbonyl (C=O) groups excluding carboxylic acids is 1. The van der Waals surface area contributed by atoms with E-state index in [1.54, 1.807) is 0 Å². The monoisotopic (exact) mass is 352 g/mol. The quantitative estimate of drug-likeness (QED) is 0.911. The maximum Gasteiger partial charge on any atom is 0.225 e. The molecule has 2 aromatic rings. The van der Waals surface area contributed by atoms with Crippen molar-refractivity contribution >= 4 is 23.4 Å². The van der Waals surface area contributed by atoms with Crippen molar-refractivity contribution in [3.8, 4) is 0 Å². The van der Waals surface area contributed by atoms with Crippen molar-refractivity contribution in [2.45, 2.75) is 26.2 Å². The van der Waals surface area contributed by atoms with Crippen molar-refractivity contribution in [3.63, 3.8) is 0 Å². The molecule has 7 nitrogen and oxygen atoms in total. The number of aryl methyl sites for hydroxylation is 1. The van der Waals surface area contributed by atoms with E-state index in [4.69, 9.17) is 0 Å². The summed E-state index contributed by atoms with van der Waals surface area (Å²) in [6, 6.07) is 7.80. The van der Waals surface area contributed by atoms with Gasteiger partial charge in [-0.05, 0) is 43.5 Å². The second-order valence-corrected chi connectivity index (χ2v) is 7.06. The number of piperazine rings is 1. The standard InChI is InChI=1S/C19H24N6O/c1-14-5-6-16(20-13-14)21-17-7-8-18(23-22-17)24-9-11-25(12-10-24)19(26)15-3-2-4-15/h5-8,13,15H,2-4,9-12H2,1H3,(H,20,21,22). The number of nitrogens with one attached hydrogen (secondary N) is 1. The zero-order valence-electron chi connectivity index (χ0n) is 15.1. The summed E-state index contributed by atoms with van der Waals surface area (Å²) in [5.41, 5.74) is 1.12. The van der Waals surface area contributed by atoms with E-state index >= 15 is 0 Å². The molecule has 3 heterocycles. The first-order valence-corrected chi connectivity index (χ1v) is 9.26. The Bertz CT molecular complexity index is 749. The molecule has 0 atom stereocenters. The van der Waals surface area contributed by atoms with Gasteiger partial charge in [0, 0.05) is 38.3 Å². The number of nitrogens with zero attached hydrogens (tertiary/aromatic N) is 5. The van der Waals surface area contributed by atoms with Crippen molar-refractivity contribution in [2.24, 2.45) is 5.92 Å². The maximum absolute atomic E-state index is 12.3. The molecule has 1 aliphatic heterocycles. The number of aromatic nitrogens is 3. The van der Waals surface area contributed by atoms with E-state index in [2.05, 4.69) is 25.4 Å². The molecule has 0 spiro atoms. The van der Waals surface area contributed by atoms with Gasteiger partial charge in [-0.3, -0.25) is 4.79 Å². The average molecular weight is 352 g/mol. The Morgan fingerprint density at radius 1 is 1.04 bits per heavy atom. The SMILES string of the molecule is Cc1ccc(Nc2ccc(N3CCN(C(=O)C4CCC4)CC3)nn2)nc1. The second kappa shape index (κ2) is 7.27. The van der Waals surface area contributed by atoms with Crippen molar-refractivity contribution in [2.75, 3.05) is 36.4 Å². The summed E-state index contributed by atoms with van der Waals surface area (Å²) in [5, 5.41) is 11.7. The molecule has 7 heteroatoms. The van der Waals surface area contributed by atoms with Gasteiger partial charge >= 0.3 is 0 Å². The fraction of sp³-hybridized carbons (Fsp3) is 0.474. The van der Waals surface area contributed by atoms with Crippen molar-refractivity contribution in [1.29, 1.82) is 0 Å². The third kappa shape index (κ3) is 3.61. The molecule has 2 aliphatic rings. The second-order valence-electron chi connectivity index (χ2n) is 7.06. The molecule has 2 aromatic heterocycles. The maximum atomic E-state index is 12.3. The molecule has 26 heavy (non-hydrogen) atoms. The van der Waals surface area contributed by atoms with Gasteiger partial charge < -0.3 is 15.1 Å². The van der Waals surface area contributed by atoms with Gasteiger partial charge in [-0.15, -0.1) is 10.2 Å². The molecule has 136 valence electrons. The highest BCUT2D eigenvalue weighted by Gasteiger charge is 2.31. The van der Waals surface area contributed by atoms with Gasteiger partial charge in [-0.25, -0.2) is 4.98 Å². The minimum atomic E-state index is 0.280. The predicted octanol–water partition coefficient (Wildman–Crippen LogP) is 2.37. The van der Waals surface area contributed by atoms with Crippen LogP contribution < -0.4 is 10.2 Å². The summed E-state index contributed by atoms with van der Waals surface area (Å²) in [4.78, 5) is 20.8. The van der Waals surface area contributed by atoms with Crippen LogP contribution in [-0.4, -0.2) is 52.2 Å². The molecule has 1 N–H and O–H groups in total. The molecule has 0 aromatic carbocycles. The summed E-state index contributed by atoms with van der Waals surface area (Å²) in [7, 11) is 0. The Balaban J connectivity index is 1.32. The fourth-order valence-corrected chi connectivity index (χ4v) is 3.30. The summed E-state index contributed by atoms with van der Waals surface area (Å²) < 4.78 is 0. The molecule has 0 unspecified atom stereocenters. The molecule has 0 bridgehead atoms. The Labute approximate surface area is 153 Å². The van der Waals surface area contributed by atoms with E-state index in [-0.39, 0.29) is 5.92 Å². The van der Waals surface area contributed by atoms with Crippen LogP contribution in [0.3, 0.4) is 0 Å². The van der Waals surface area contributed by atoms with Crippen LogP contribution in [0, 0.1) is 12.8 Å². The zero-order chi connectivity index (χ0) is 17.9. The molecule has 1 amide bonds. The van der Waals surface area contributed by atoms with E-state index < -0.39 is 0 Å². The van der Waals surface area contributed by atoms with Gasteiger partial charge in [0.25, 0.3) is 0 Å². The van der Waals surface area contributed by atoms with Crippen LogP contribution in [0.1, 0.15) is 24.8 Å². The van der Waals surface area contributed by atoms with Crippen LogP contribution in [0.2, 0.25) is 0 Å². The van der Waals surface area contributed by atoms with Crippen LogP contribution in [0.15, 0.2) is 30.5 Å². The number of hydrogen-bond acceptors (Lipinski definition) is 6. The number of pyridine rings is 1. The minimum Gasteiger partial charge on any atom is -0.352 e.